The summed E-state index contributed by atoms with van der Waals surface area (Å²) in [5.74, 6) is -1.19. The fraction of sp³-hybridized carbons (Fsp3) is 0.429. The summed E-state index contributed by atoms with van der Waals surface area (Å²) >= 11 is 0. The van der Waals surface area contributed by atoms with Crippen LogP contribution in [0.3, 0.4) is 0 Å². The zero-order valence-electron chi connectivity index (χ0n) is 11.4. The first kappa shape index (κ1) is 13.4. The monoisotopic (exact) mass is 262 g/mol. The van der Waals surface area contributed by atoms with E-state index in [4.69, 9.17) is 5.11 Å². The number of carboxylic acids is 1. The molecule has 0 saturated heterocycles. The Morgan fingerprint density at radius 1 is 1.37 bits per heavy atom. The summed E-state index contributed by atoms with van der Waals surface area (Å²) in [4.78, 5) is 24.6. The number of anilines is 2. The van der Waals surface area contributed by atoms with Crippen LogP contribution < -0.4 is 10.2 Å². The molecule has 0 radical (unpaired) electrons. The standard InChI is InChI=1S/C14H18N2O3/c1-4-10-14(19)16(7-13(17)18)12-6-9(3)8(2)5-11(12)15-10/h5-6,10,15H,4,7H2,1-3H3,(H,17,18). The van der Waals surface area contributed by atoms with Crippen molar-refractivity contribution in [3.05, 3.63) is 23.3 Å². The normalized spacial score (nSPS) is 17.9. The van der Waals surface area contributed by atoms with E-state index in [0.29, 0.717) is 12.1 Å². The third-order valence-corrected chi connectivity index (χ3v) is 3.50. The van der Waals surface area contributed by atoms with Gasteiger partial charge in [0.1, 0.15) is 12.6 Å². The minimum absolute atomic E-state index is 0.180. The number of benzene rings is 1. The van der Waals surface area contributed by atoms with Crippen molar-refractivity contribution in [1.82, 2.24) is 0 Å². The lowest BCUT2D eigenvalue weighted by molar-refractivity contribution is -0.136. The molecule has 2 rings (SSSR count). The molecule has 2 N–H and O–H groups in total. The number of rotatable bonds is 3. The number of carbonyl (C=O) groups excluding carboxylic acids is 1. The molecule has 5 heteroatoms. The Kier molecular flexibility index (Phi) is 3.46. The van der Waals surface area contributed by atoms with E-state index >= 15 is 0 Å². The summed E-state index contributed by atoms with van der Waals surface area (Å²) in [7, 11) is 0. The molecule has 0 aliphatic carbocycles. The molecule has 1 aliphatic rings. The predicted molar refractivity (Wildman–Crippen MR) is 73.6 cm³/mol. The molecule has 1 atom stereocenters. The second-order valence-electron chi connectivity index (χ2n) is 4.88. The molecule has 0 fully saturated rings. The summed E-state index contributed by atoms with van der Waals surface area (Å²) in [6, 6.07) is 3.48. The van der Waals surface area contributed by atoms with E-state index in [0.717, 1.165) is 16.8 Å². The fourth-order valence-corrected chi connectivity index (χ4v) is 2.27. The van der Waals surface area contributed by atoms with Gasteiger partial charge in [0.05, 0.1) is 11.4 Å². The maximum Gasteiger partial charge on any atom is 0.323 e. The number of amides is 1. The number of nitrogens with one attached hydrogen (secondary N) is 1. The maximum atomic E-state index is 12.3. The van der Waals surface area contributed by atoms with Gasteiger partial charge < -0.3 is 10.4 Å². The van der Waals surface area contributed by atoms with E-state index in [1.54, 1.807) is 0 Å². The van der Waals surface area contributed by atoms with Gasteiger partial charge in [-0.3, -0.25) is 14.5 Å². The number of nitrogens with zero attached hydrogens (tertiary/aromatic N) is 1. The Morgan fingerprint density at radius 3 is 2.58 bits per heavy atom. The number of carboxylic acid groups (broad SMARTS) is 1. The first-order valence-electron chi connectivity index (χ1n) is 6.35. The van der Waals surface area contributed by atoms with Gasteiger partial charge in [0.25, 0.3) is 0 Å². The van der Waals surface area contributed by atoms with Gasteiger partial charge in [-0.25, -0.2) is 0 Å². The summed E-state index contributed by atoms with van der Waals surface area (Å²) < 4.78 is 0. The van der Waals surface area contributed by atoms with Crippen LogP contribution in [0.15, 0.2) is 12.1 Å². The van der Waals surface area contributed by atoms with Crippen LogP contribution in [0, 0.1) is 13.8 Å². The van der Waals surface area contributed by atoms with E-state index in [9.17, 15) is 9.59 Å². The van der Waals surface area contributed by atoms with Gasteiger partial charge in [-0.05, 0) is 43.5 Å². The molecule has 19 heavy (non-hydrogen) atoms. The molecule has 0 aromatic heterocycles. The SMILES string of the molecule is CCC1Nc2cc(C)c(C)cc2N(CC(=O)O)C1=O. The highest BCUT2D eigenvalue weighted by atomic mass is 16.4. The number of fused-ring (bicyclic) bond motifs is 1. The molecule has 1 heterocycles. The summed E-state index contributed by atoms with van der Waals surface area (Å²) in [6.07, 6.45) is 0.626. The lowest BCUT2D eigenvalue weighted by atomic mass is 10.0. The van der Waals surface area contributed by atoms with Crippen LogP contribution in [0.1, 0.15) is 24.5 Å². The van der Waals surface area contributed by atoms with Gasteiger partial charge in [-0.15, -0.1) is 0 Å². The Labute approximate surface area is 112 Å². The highest BCUT2D eigenvalue weighted by Gasteiger charge is 2.32. The van der Waals surface area contributed by atoms with Gasteiger partial charge in [-0.1, -0.05) is 6.92 Å². The van der Waals surface area contributed by atoms with Crippen molar-refractivity contribution in [2.24, 2.45) is 0 Å². The zero-order valence-corrected chi connectivity index (χ0v) is 11.4. The molecule has 0 saturated carbocycles. The highest BCUT2D eigenvalue weighted by molar-refractivity contribution is 6.07. The van der Waals surface area contributed by atoms with E-state index in [2.05, 4.69) is 5.32 Å². The van der Waals surface area contributed by atoms with Gasteiger partial charge in [0.15, 0.2) is 0 Å². The summed E-state index contributed by atoms with van der Waals surface area (Å²) in [5.41, 5.74) is 3.64. The molecule has 0 spiro atoms. The molecule has 1 aromatic carbocycles. The number of aliphatic carboxylic acids is 1. The fourth-order valence-electron chi connectivity index (χ4n) is 2.27. The van der Waals surface area contributed by atoms with E-state index in [1.807, 2.05) is 32.9 Å². The second kappa shape index (κ2) is 4.91. The van der Waals surface area contributed by atoms with Gasteiger partial charge in [0, 0.05) is 0 Å². The lowest BCUT2D eigenvalue weighted by Gasteiger charge is -2.34. The van der Waals surface area contributed by atoms with Gasteiger partial charge in [0.2, 0.25) is 5.91 Å². The molecular weight excluding hydrogens is 244 g/mol. The lowest BCUT2D eigenvalue weighted by Crippen LogP contribution is -2.48. The van der Waals surface area contributed by atoms with Crippen molar-refractivity contribution in [3.63, 3.8) is 0 Å². The molecule has 0 bridgehead atoms. The molecular formula is C14H18N2O3. The Bertz CT molecular complexity index is 540. The van der Waals surface area contributed by atoms with Crippen LogP contribution in [0.25, 0.3) is 0 Å². The molecule has 102 valence electrons. The summed E-state index contributed by atoms with van der Waals surface area (Å²) in [6.45, 7) is 5.55. The van der Waals surface area contributed by atoms with E-state index in [-0.39, 0.29) is 18.5 Å². The van der Waals surface area contributed by atoms with Crippen LogP contribution in [0.5, 0.6) is 0 Å². The first-order valence-corrected chi connectivity index (χ1v) is 6.35. The number of hydrogen-bond donors (Lipinski definition) is 2. The third-order valence-electron chi connectivity index (χ3n) is 3.50. The second-order valence-corrected chi connectivity index (χ2v) is 4.88. The quantitative estimate of drug-likeness (QED) is 0.873. The predicted octanol–water partition coefficient (Wildman–Crippen LogP) is 1.93. The van der Waals surface area contributed by atoms with Crippen molar-refractivity contribution in [2.45, 2.75) is 33.2 Å². The Balaban J connectivity index is 2.50. The average Bonchev–Trinajstić information content (AvgIpc) is 2.34. The smallest absolute Gasteiger partial charge is 0.323 e. The summed E-state index contributed by atoms with van der Waals surface area (Å²) in [5, 5.41) is 12.2. The minimum atomic E-state index is -1.01. The number of carbonyl (C=O) groups is 2. The van der Waals surface area contributed by atoms with Crippen molar-refractivity contribution < 1.29 is 14.7 Å². The highest BCUT2D eigenvalue weighted by Crippen LogP contribution is 2.34. The minimum Gasteiger partial charge on any atom is -0.480 e. The van der Waals surface area contributed by atoms with Crippen molar-refractivity contribution >= 4 is 23.3 Å². The largest absolute Gasteiger partial charge is 0.480 e. The number of aryl methyl sites for hydroxylation is 2. The van der Waals surface area contributed by atoms with Crippen molar-refractivity contribution in [3.8, 4) is 0 Å². The molecule has 5 nitrogen and oxygen atoms in total. The Morgan fingerprint density at radius 2 is 2.00 bits per heavy atom. The van der Waals surface area contributed by atoms with Crippen LogP contribution in [0.2, 0.25) is 0 Å². The average molecular weight is 262 g/mol. The van der Waals surface area contributed by atoms with Crippen LogP contribution in [0.4, 0.5) is 11.4 Å². The topological polar surface area (TPSA) is 69.6 Å². The van der Waals surface area contributed by atoms with E-state index < -0.39 is 5.97 Å². The molecule has 1 aromatic rings. The maximum absolute atomic E-state index is 12.3. The number of hydrogen-bond acceptors (Lipinski definition) is 3. The van der Waals surface area contributed by atoms with Gasteiger partial charge in [-0.2, -0.15) is 0 Å². The third kappa shape index (κ3) is 2.41. The van der Waals surface area contributed by atoms with Crippen molar-refractivity contribution in [2.75, 3.05) is 16.8 Å². The Hall–Kier alpha value is -2.04. The molecule has 1 unspecified atom stereocenters. The molecule has 1 aliphatic heterocycles. The first-order chi connectivity index (χ1) is 8.93. The van der Waals surface area contributed by atoms with Gasteiger partial charge >= 0.3 is 5.97 Å². The van der Waals surface area contributed by atoms with Crippen molar-refractivity contribution in [1.29, 1.82) is 0 Å². The van der Waals surface area contributed by atoms with Crippen LogP contribution in [-0.2, 0) is 9.59 Å². The van der Waals surface area contributed by atoms with E-state index in [1.165, 1.54) is 4.90 Å². The molecule has 1 amide bonds. The zero-order chi connectivity index (χ0) is 14.2. The van der Waals surface area contributed by atoms with Crippen LogP contribution in [-0.4, -0.2) is 29.6 Å². The van der Waals surface area contributed by atoms with Crippen LogP contribution >= 0.6 is 0 Å².